The topological polar surface area (TPSA) is 12.0 Å². The van der Waals surface area contributed by atoms with Gasteiger partial charge in [0, 0.05) is 10.6 Å². The van der Waals surface area contributed by atoms with E-state index in [1.165, 1.54) is 17.2 Å². The third-order valence-corrected chi connectivity index (χ3v) is 3.66. The number of nitrogens with one attached hydrogen (secondary N) is 1. The zero-order valence-electron chi connectivity index (χ0n) is 11.3. The van der Waals surface area contributed by atoms with Gasteiger partial charge in [-0.1, -0.05) is 29.8 Å². The minimum atomic E-state index is -0.248. The molecular weight excluding hydrogens is 261 g/mol. The van der Waals surface area contributed by atoms with E-state index in [1.54, 1.807) is 12.1 Å². The third-order valence-electron chi connectivity index (χ3n) is 3.42. The van der Waals surface area contributed by atoms with Crippen molar-refractivity contribution in [2.24, 2.45) is 0 Å². The molecule has 19 heavy (non-hydrogen) atoms. The van der Waals surface area contributed by atoms with E-state index in [0.717, 1.165) is 5.56 Å². The summed E-state index contributed by atoms with van der Waals surface area (Å²) in [6, 6.07) is 10.6. The molecule has 0 amide bonds. The highest BCUT2D eigenvalue weighted by Gasteiger charge is 2.17. The van der Waals surface area contributed by atoms with Crippen LogP contribution in [-0.4, -0.2) is 7.05 Å². The molecule has 0 heterocycles. The van der Waals surface area contributed by atoms with Gasteiger partial charge in [0.25, 0.3) is 0 Å². The predicted octanol–water partition coefficient (Wildman–Crippen LogP) is 4.40. The van der Waals surface area contributed by atoms with Crippen LogP contribution in [0, 0.1) is 19.7 Å². The molecule has 100 valence electrons. The summed E-state index contributed by atoms with van der Waals surface area (Å²) in [6.45, 7) is 4.12. The van der Waals surface area contributed by atoms with Crippen LogP contribution < -0.4 is 5.32 Å². The summed E-state index contributed by atoms with van der Waals surface area (Å²) in [4.78, 5) is 0. The lowest BCUT2D eigenvalue weighted by Gasteiger charge is -2.19. The molecule has 1 N–H and O–H groups in total. The van der Waals surface area contributed by atoms with Crippen LogP contribution in [0.15, 0.2) is 36.4 Å². The van der Waals surface area contributed by atoms with E-state index in [-0.39, 0.29) is 11.9 Å². The molecule has 0 fully saturated rings. The monoisotopic (exact) mass is 277 g/mol. The maximum atomic E-state index is 14.0. The maximum Gasteiger partial charge on any atom is 0.128 e. The molecule has 0 spiro atoms. The van der Waals surface area contributed by atoms with Gasteiger partial charge in [0.1, 0.15) is 5.82 Å². The Morgan fingerprint density at radius 3 is 2.42 bits per heavy atom. The molecule has 0 aliphatic rings. The van der Waals surface area contributed by atoms with Crippen LogP contribution in [0.4, 0.5) is 4.39 Å². The molecule has 0 radical (unpaired) electrons. The zero-order chi connectivity index (χ0) is 14.0. The van der Waals surface area contributed by atoms with E-state index >= 15 is 0 Å². The SMILES string of the molecule is CNC(c1ccc(C)c(C)c1)c1cc(Cl)ccc1F. The molecule has 1 unspecified atom stereocenters. The van der Waals surface area contributed by atoms with E-state index in [1.807, 2.05) is 13.1 Å². The Labute approximate surface area is 118 Å². The van der Waals surface area contributed by atoms with Crippen molar-refractivity contribution in [1.29, 1.82) is 0 Å². The lowest BCUT2D eigenvalue weighted by molar-refractivity contribution is 0.576. The fraction of sp³-hybridized carbons (Fsp3) is 0.250. The van der Waals surface area contributed by atoms with Gasteiger partial charge < -0.3 is 5.32 Å². The van der Waals surface area contributed by atoms with E-state index in [0.29, 0.717) is 10.6 Å². The van der Waals surface area contributed by atoms with E-state index in [2.05, 4.69) is 31.3 Å². The molecule has 0 saturated heterocycles. The van der Waals surface area contributed by atoms with Crippen molar-refractivity contribution in [2.45, 2.75) is 19.9 Å². The summed E-state index contributed by atoms with van der Waals surface area (Å²) in [5.74, 6) is -0.248. The first kappa shape index (κ1) is 14.0. The zero-order valence-corrected chi connectivity index (χ0v) is 12.1. The highest BCUT2D eigenvalue weighted by molar-refractivity contribution is 6.30. The minimum absolute atomic E-state index is 0.196. The average Bonchev–Trinajstić information content (AvgIpc) is 2.38. The Bertz CT molecular complexity index is 595. The number of rotatable bonds is 3. The number of benzene rings is 2. The van der Waals surface area contributed by atoms with Crippen molar-refractivity contribution >= 4 is 11.6 Å². The first-order chi connectivity index (χ1) is 9.02. The van der Waals surface area contributed by atoms with Gasteiger partial charge >= 0.3 is 0 Å². The summed E-state index contributed by atoms with van der Waals surface area (Å²) in [5.41, 5.74) is 4.02. The van der Waals surface area contributed by atoms with Crippen molar-refractivity contribution < 1.29 is 4.39 Å². The van der Waals surface area contributed by atoms with Gasteiger partial charge in [0.2, 0.25) is 0 Å². The van der Waals surface area contributed by atoms with Gasteiger partial charge in [-0.2, -0.15) is 0 Å². The maximum absolute atomic E-state index is 14.0. The van der Waals surface area contributed by atoms with Crippen molar-refractivity contribution in [1.82, 2.24) is 5.32 Å². The van der Waals surface area contributed by atoms with Crippen molar-refractivity contribution in [3.63, 3.8) is 0 Å². The highest BCUT2D eigenvalue weighted by atomic mass is 35.5. The second kappa shape index (κ2) is 5.72. The van der Waals surface area contributed by atoms with Crippen LogP contribution in [-0.2, 0) is 0 Å². The number of aryl methyl sites for hydroxylation is 2. The first-order valence-electron chi connectivity index (χ1n) is 6.22. The Morgan fingerprint density at radius 2 is 1.79 bits per heavy atom. The van der Waals surface area contributed by atoms with Gasteiger partial charge in [-0.05, 0) is 55.8 Å². The van der Waals surface area contributed by atoms with Crippen LogP contribution in [0.2, 0.25) is 5.02 Å². The molecule has 0 aliphatic carbocycles. The molecule has 2 rings (SSSR count). The van der Waals surface area contributed by atoms with Gasteiger partial charge in [0.05, 0.1) is 6.04 Å². The number of hydrogen-bond donors (Lipinski definition) is 1. The Morgan fingerprint density at radius 1 is 1.05 bits per heavy atom. The quantitative estimate of drug-likeness (QED) is 0.876. The van der Waals surface area contributed by atoms with E-state index < -0.39 is 0 Å². The minimum Gasteiger partial charge on any atom is -0.309 e. The van der Waals surface area contributed by atoms with Crippen LogP contribution in [0.5, 0.6) is 0 Å². The average molecular weight is 278 g/mol. The van der Waals surface area contributed by atoms with Crippen molar-refractivity contribution in [2.75, 3.05) is 7.05 Å². The smallest absolute Gasteiger partial charge is 0.128 e. The number of hydrogen-bond acceptors (Lipinski definition) is 1. The summed E-state index contributed by atoms with van der Waals surface area (Å²) < 4.78 is 14.0. The first-order valence-corrected chi connectivity index (χ1v) is 6.60. The van der Waals surface area contributed by atoms with Crippen molar-refractivity contribution in [3.05, 3.63) is 69.5 Å². The standard InChI is InChI=1S/C16H17ClFN/c1-10-4-5-12(8-11(10)2)16(19-3)14-9-13(17)6-7-15(14)18/h4-9,16,19H,1-3H3. The molecule has 0 saturated carbocycles. The fourth-order valence-corrected chi connectivity index (χ4v) is 2.36. The summed E-state index contributed by atoms with van der Waals surface area (Å²) >= 11 is 5.97. The van der Waals surface area contributed by atoms with Gasteiger partial charge in [-0.25, -0.2) is 4.39 Å². The Balaban J connectivity index is 2.49. The van der Waals surface area contributed by atoms with Crippen LogP contribution >= 0.6 is 11.6 Å². The third kappa shape index (κ3) is 2.96. The second-order valence-corrected chi connectivity index (χ2v) is 5.17. The Hall–Kier alpha value is -1.38. The lowest BCUT2D eigenvalue weighted by Crippen LogP contribution is -2.19. The number of halogens is 2. The predicted molar refractivity (Wildman–Crippen MR) is 78.2 cm³/mol. The van der Waals surface area contributed by atoms with Gasteiger partial charge in [-0.3, -0.25) is 0 Å². The summed E-state index contributed by atoms with van der Waals surface area (Å²) in [6.07, 6.45) is 0. The van der Waals surface area contributed by atoms with Gasteiger partial charge in [0.15, 0.2) is 0 Å². The molecule has 1 nitrogen and oxygen atoms in total. The molecule has 0 aliphatic heterocycles. The van der Waals surface area contributed by atoms with Crippen LogP contribution in [0.1, 0.15) is 28.3 Å². The molecule has 3 heteroatoms. The largest absolute Gasteiger partial charge is 0.309 e. The van der Waals surface area contributed by atoms with Crippen LogP contribution in [0.25, 0.3) is 0 Å². The molecule has 2 aromatic carbocycles. The van der Waals surface area contributed by atoms with E-state index in [4.69, 9.17) is 11.6 Å². The lowest BCUT2D eigenvalue weighted by atomic mass is 9.95. The molecule has 2 aromatic rings. The summed E-state index contributed by atoms with van der Waals surface area (Å²) in [5, 5.41) is 3.69. The Kier molecular flexibility index (Phi) is 4.23. The van der Waals surface area contributed by atoms with Crippen LogP contribution in [0.3, 0.4) is 0 Å². The molecule has 1 atom stereocenters. The summed E-state index contributed by atoms with van der Waals surface area (Å²) in [7, 11) is 1.82. The molecular formula is C16H17ClFN. The van der Waals surface area contributed by atoms with Gasteiger partial charge in [-0.15, -0.1) is 0 Å². The second-order valence-electron chi connectivity index (χ2n) is 4.73. The fourth-order valence-electron chi connectivity index (χ4n) is 2.18. The van der Waals surface area contributed by atoms with E-state index in [9.17, 15) is 4.39 Å². The van der Waals surface area contributed by atoms with Crippen molar-refractivity contribution in [3.8, 4) is 0 Å². The normalized spacial score (nSPS) is 12.5. The molecule has 0 bridgehead atoms. The molecule has 0 aromatic heterocycles. The highest BCUT2D eigenvalue weighted by Crippen LogP contribution is 2.27.